The van der Waals surface area contributed by atoms with Crippen molar-refractivity contribution in [2.45, 2.75) is 6.61 Å². The van der Waals surface area contributed by atoms with Gasteiger partial charge in [0.1, 0.15) is 17.9 Å². The van der Waals surface area contributed by atoms with E-state index in [1.807, 2.05) is 6.07 Å². The maximum Gasteiger partial charge on any atom is 0.263 e. The van der Waals surface area contributed by atoms with Crippen LogP contribution >= 0.6 is 47.0 Å². The van der Waals surface area contributed by atoms with E-state index in [0.717, 1.165) is 5.56 Å². The molecule has 27 heavy (non-hydrogen) atoms. The van der Waals surface area contributed by atoms with E-state index in [4.69, 9.17) is 51.8 Å². The molecule has 5 nitrogen and oxygen atoms in total. The predicted molar refractivity (Wildman–Crippen MR) is 109 cm³/mol. The van der Waals surface area contributed by atoms with Crippen molar-refractivity contribution >= 4 is 70.0 Å². The van der Waals surface area contributed by atoms with Crippen molar-refractivity contribution in [3.05, 3.63) is 68.2 Å². The zero-order chi connectivity index (χ0) is 19.6. The molecule has 9 heteroatoms. The van der Waals surface area contributed by atoms with Crippen LogP contribution in [-0.4, -0.2) is 16.9 Å². The lowest BCUT2D eigenvalue weighted by molar-refractivity contribution is -0.123. The fraction of sp³-hybridized carbons (Fsp3) is 0.0556. The summed E-state index contributed by atoms with van der Waals surface area (Å²) in [6, 6.07) is 10.2. The summed E-state index contributed by atoms with van der Waals surface area (Å²) in [5, 5.41) is 5.82. The lowest BCUT2D eigenvalue weighted by Crippen LogP contribution is -2.51. The minimum absolute atomic E-state index is 0.0521. The van der Waals surface area contributed by atoms with Crippen LogP contribution in [0.15, 0.2) is 42.0 Å². The zero-order valence-corrected chi connectivity index (χ0v) is 16.6. The van der Waals surface area contributed by atoms with Gasteiger partial charge in [0.15, 0.2) is 5.11 Å². The number of carbonyl (C=O) groups is 2. The van der Waals surface area contributed by atoms with Gasteiger partial charge in [-0.3, -0.25) is 20.2 Å². The van der Waals surface area contributed by atoms with Gasteiger partial charge in [-0.05, 0) is 48.1 Å². The molecule has 0 bridgehead atoms. The van der Waals surface area contributed by atoms with Crippen molar-refractivity contribution in [1.29, 1.82) is 0 Å². The van der Waals surface area contributed by atoms with Crippen LogP contribution in [0.4, 0.5) is 0 Å². The number of halogens is 3. The third kappa shape index (κ3) is 4.78. The molecule has 2 amide bonds. The van der Waals surface area contributed by atoms with Gasteiger partial charge < -0.3 is 4.74 Å². The molecule has 0 aromatic heterocycles. The summed E-state index contributed by atoms with van der Waals surface area (Å²) < 4.78 is 5.81. The minimum Gasteiger partial charge on any atom is -0.487 e. The summed E-state index contributed by atoms with van der Waals surface area (Å²) in [5.41, 5.74) is 1.06. The average molecular weight is 442 g/mol. The number of hydrogen-bond acceptors (Lipinski definition) is 4. The van der Waals surface area contributed by atoms with Gasteiger partial charge in [-0.15, -0.1) is 0 Å². The van der Waals surface area contributed by atoms with Gasteiger partial charge in [-0.25, -0.2) is 0 Å². The Balaban J connectivity index is 1.95. The standard InChI is InChI=1S/C18H11Cl3N2O3S/c19-11-3-1-2-9(4-11)8-26-15-10(5-12(20)7-14(15)21)6-13-16(24)22-18(27)23-17(13)25/h1-7H,8H2,(H2,22,23,24,25,27). The summed E-state index contributed by atoms with van der Waals surface area (Å²) in [6.45, 7) is 0.181. The Kier molecular flexibility index (Phi) is 6.01. The maximum atomic E-state index is 12.1. The first-order valence-electron chi connectivity index (χ1n) is 7.58. The van der Waals surface area contributed by atoms with Crippen LogP contribution in [0.25, 0.3) is 6.08 Å². The Morgan fingerprint density at radius 2 is 1.70 bits per heavy atom. The topological polar surface area (TPSA) is 67.4 Å². The highest BCUT2D eigenvalue weighted by atomic mass is 35.5. The smallest absolute Gasteiger partial charge is 0.263 e. The van der Waals surface area contributed by atoms with E-state index in [-0.39, 0.29) is 28.1 Å². The molecule has 1 fully saturated rings. The Bertz CT molecular complexity index is 970. The lowest BCUT2D eigenvalue weighted by Gasteiger charge is -2.17. The predicted octanol–water partition coefficient (Wildman–Crippen LogP) is 4.14. The number of ether oxygens (including phenoxy) is 1. The fourth-order valence-corrected chi connectivity index (χ4v) is 3.35. The second-order valence-electron chi connectivity index (χ2n) is 5.52. The molecule has 1 saturated heterocycles. The van der Waals surface area contributed by atoms with Crippen LogP contribution in [0, 0.1) is 0 Å². The number of benzene rings is 2. The molecule has 3 rings (SSSR count). The van der Waals surface area contributed by atoms with Crippen molar-refractivity contribution in [1.82, 2.24) is 10.6 Å². The Hall–Kier alpha value is -2.12. The summed E-state index contributed by atoms with van der Waals surface area (Å²) >= 11 is 23.1. The molecule has 0 unspecified atom stereocenters. The molecule has 1 aliphatic heterocycles. The first kappa shape index (κ1) is 19.6. The number of thiocarbonyl (C=S) groups is 1. The quantitative estimate of drug-likeness (QED) is 0.425. The van der Waals surface area contributed by atoms with Gasteiger partial charge in [0.2, 0.25) is 0 Å². The van der Waals surface area contributed by atoms with Crippen molar-refractivity contribution in [2.75, 3.05) is 0 Å². The normalized spacial score (nSPS) is 13.9. The van der Waals surface area contributed by atoms with Gasteiger partial charge in [0, 0.05) is 15.6 Å². The number of hydrogen-bond donors (Lipinski definition) is 2. The molecule has 0 saturated carbocycles. The molecule has 1 heterocycles. The number of amides is 2. The Labute approximate surface area is 175 Å². The third-order valence-corrected chi connectivity index (χ3v) is 4.49. The van der Waals surface area contributed by atoms with Crippen LogP contribution in [0.3, 0.4) is 0 Å². The third-order valence-electron chi connectivity index (χ3n) is 3.55. The monoisotopic (exact) mass is 440 g/mol. The van der Waals surface area contributed by atoms with E-state index < -0.39 is 11.8 Å². The molecule has 0 spiro atoms. The van der Waals surface area contributed by atoms with Gasteiger partial charge >= 0.3 is 0 Å². The summed E-state index contributed by atoms with van der Waals surface area (Å²) in [4.78, 5) is 24.1. The molecule has 2 aromatic carbocycles. The SMILES string of the molecule is O=C1NC(=S)NC(=O)C1=Cc1cc(Cl)cc(Cl)c1OCc1cccc(Cl)c1. The summed E-state index contributed by atoms with van der Waals surface area (Å²) in [5.74, 6) is -0.969. The van der Waals surface area contributed by atoms with Crippen LogP contribution in [-0.2, 0) is 16.2 Å². The van der Waals surface area contributed by atoms with Crippen LogP contribution in [0.5, 0.6) is 5.75 Å². The van der Waals surface area contributed by atoms with Gasteiger partial charge in [-0.1, -0.05) is 46.9 Å². The number of carbonyl (C=O) groups excluding carboxylic acids is 2. The van der Waals surface area contributed by atoms with Gasteiger partial charge in [0.25, 0.3) is 11.8 Å². The fourth-order valence-electron chi connectivity index (χ4n) is 2.38. The van der Waals surface area contributed by atoms with E-state index in [1.165, 1.54) is 12.1 Å². The maximum absolute atomic E-state index is 12.1. The molecule has 2 aromatic rings. The molecule has 2 N–H and O–H groups in total. The highest BCUT2D eigenvalue weighted by Crippen LogP contribution is 2.34. The van der Waals surface area contributed by atoms with E-state index in [0.29, 0.717) is 15.6 Å². The molecule has 0 radical (unpaired) electrons. The first-order chi connectivity index (χ1) is 12.8. The highest BCUT2D eigenvalue weighted by Gasteiger charge is 2.26. The highest BCUT2D eigenvalue weighted by molar-refractivity contribution is 7.80. The second kappa shape index (κ2) is 8.27. The van der Waals surface area contributed by atoms with E-state index in [1.54, 1.807) is 24.3 Å². The van der Waals surface area contributed by atoms with E-state index in [9.17, 15) is 9.59 Å². The van der Waals surface area contributed by atoms with Crippen molar-refractivity contribution in [2.24, 2.45) is 0 Å². The van der Waals surface area contributed by atoms with Crippen LogP contribution < -0.4 is 15.4 Å². The molecule has 0 atom stereocenters. The van der Waals surface area contributed by atoms with E-state index in [2.05, 4.69) is 10.6 Å². The van der Waals surface area contributed by atoms with Gasteiger partial charge in [0.05, 0.1) is 5.02 Å². The van der Waals surface area contributed by atoms with Gasteiger partial charge in [-0.2, -0.15) is 0 Å². The zero-order valence-electron chi connectivity index (χ0n) is 13.5. The minimum atomic E-state index is -0.624. The second-order valence-corrected chi connectivity index (χ2v) is 7.21. The molecule has 1 aliphatic rings. The van der Waals surface area contributed by atoms with Crippen molar-refractivity contribution in [3.8, 4) is 5.75 Å². The first-order valence-corrected chi connectivity index (χ1v) is 9.12. The average Bonchev–Trinajstić information content (AvgIpc) is 2.57. The Morgan fingerprint density at radius 3 is 2.37 bits per heavy atom. The van der Waals surface area contributed by atoms with Crippen molar-refractivity contribution in [3.63, 3.8) is 0 Å². The number of rotatable bonds is 4. The Morgan fingerprint density at radius 1 is 1.00 bits per heavy atom. The summed E-state index contributed by atoms with van der Waals surface area (Å²) in [7, 11) is 0. The van der Waals surface area contributed by atoms with Crippen LogP contribution in [0.1, 0.15) is 11.1 Å². The largest absolute Gasteiger partial charge is 0.487 e. The molecular weight excluding hydrogens is 431 g/mol. The van der Waals surface area contributed by atoms with Crippen LogP contribution in [0.2, 0.25) is 15.1 Å². The molecular formula is C18H11Cl3N2O3S. The summed E-state index contributed by atoms with van der Waals surface area (Å²) in [6.07, 6.45) is 1.34. The number of nitrogens with one attached hydrogen (secondary N) is 2. The lowest BCUT2D eigenvalue weighted by atomic mass is 10.1. The molecule has 0 aliphatic carbocycles. The van der Waals surface area contributed by atoms with E-state index >= 15 is 0 Å². The molecule has 138 valence electrons. The van der Waals surface area contributed by atoms with Crippen molar-refractivity contribution < 1.29 is 14.3 Å².